The van der Waals surface area contributed by atoms with E-state index in [9.17, 15) is 4.79 Å². The summed E-state index contributed by atoms with van der Waals surface area (Å²) in [6.07, 6.45) is 1.19. The molecule has 0 saturated carbocycles. The Morgan fingerprint density at radius 2 is 2.00 bits per heavy atom. The molecule has 1 amide bonds. The number of hydrogen-bond donors (Lipinski definition) is 1. The molecule has 22 heavy (non-hydrogen) atoms. The normalized spacial score (nSPS) is 10.9. The lowest BCUT2D eigenvalue weighted by Gasteiger charge is -2.09. The zero-order chi connectivity index (χ0) is 15.9. The van der Waals surface area contributed by atoms with Gasteiger partial charge in [-0.3, -0.25) is 4.79 Å². The molecule has 2 aromatic rings. The van der Waals surface area contributed by atoms with Crippen LogP contribution in [-0.4, -0.2) is 43.0 Å². The number of aromatic nitrogens is 1. The van der Waals surface area contributed by atoms with Crippen molar-refractivity contribution in [3.63, 3.8) is 0 Å². The second-order valence-corrected chi connectivity index (χ2v) is 5.57. The smallest absolute Gasteiger partial charge is 0.226 e. The van der Waals surface area contributed by atoms with Gasteiger partial charge in [0.05, 0.1) is 12.1 Å². The van der Waals surface area contributed by atoms with Crippen LogP contribution in [0.1, 0.15) is 17.9 Å². The van der Waals surface area contributed by atoms with E-state index in [4.69, 9.17) is 4.42 Å². The van der Waals surface area contributed by atoms with Gasteiger partial charge in [-0.15, -0.1) is 0 Å². The van der Waals surface area contributed by atoms with Crippen LogP contribution >= 0.6 is 0 Å². The molecular weight excluding hydrogens is 278 g/mol. The molecule has 2 rings (SSSR count). The minimum absolute atomic E-state index is 0.0187. The van der Waals surface area contributed by atoms with Crippen LogP contribution in [-0.2, 0) is 11.2 Å². The van der Waals surface area contributed by atoms with Crippen molar-refractivity contribution in [3.05, 3.63) is 41.8 Å². The molecule has 5 heteroatoms. The van der Waals surface area contributed by atoms with Crippen LogP contribution in [0.4, 0.5) is 0 Å². The van der Waals surface area contributed by atoms with Gasteiger partial charge in [-0.1, -0.05) is 18.2 Å². The average Bonchev–Trinajstić information content (AvgIpc) is 2.85. The summed E-state index contributed by atoms with van der Waals surface area (Å²) in [5, 5.41) is 2.92. The summed E-state index contributed by atoms with van der Waals surface area (Å²) in [7, 11) is 4.04. The van der Waals surface area contributed by atoms with E-state index in [1.54, 1.807) is 0 Å². The molecule has 0 saturated heterocycles. The third-order valence-electron chi connectivity index (χ3n) is 3.35. The first-order valence-corrected chi connectivity index (χ1v) is 7.49. The maximum Gasteiger partial charge on any atom is 0.226 e. The van der Waals surface area contributed by atoms with Crippen molar-refractivity contribution >= 4 is 5.91 Å². The predicted octanol–water partition coefficient (Wildman–Crippen LogP) is 2.26. The fourth-order valence-corrected chi connectivity index (χ4v) is 2.13. The summed E-state index contributed by atoms with van der Waals surface area (Å²) in [5.74, 6) is 1.24. The van der Waals surface area contributed by atoms with Crippen LogP contribution in [0, 0.1) is 6.92 Å². The number of hydrogen-bond acceptors (Lipinski definition) is 4. The molecule has 0 atom stereocenters. The number of amides is 1. The Balaban J connectivity index is 1.90. The van der Waals surface area contributed by atoms with Gasteiger partial charge in [0.1, 0.15) is 5.76 Å². The molecule has 0 aliphatic heterocycles. The Morgan fingerprint density at radius 3 is 2.68 bits per heavy atom. The second kappa shape index (κ2) is 7.75. The summed E-state index contributed by atoms with van der Waals surface area (Å²) < 4.78 is 5.66. The van der Waals surface area contributed by atoms with Crippen molar-refractivity contribution in [2.24, 2.45) is 0 Å². The van der Waals surface area contributed by atoms with E-state index in [-0.39, 0.29) is 12.3 Å². The molecule has 0 radical (unpaired) electrons. The molecule has 0 unspecified atom stereocenters. The van der Waals surface area contributed by atoms with Crippen LogP contribution < -0.4 is 5.32 Å². The quantitative estimate of drug-likeness (QED) is 0.797. The number of nitrogens with one attached hydrogen (secondary N) is 1. The summed E-state index contributed by atoms with van der Waals surface area (Å²) in [5.41, 5.74) is 1.62. The molecule has 1 N–H and O–H groups in total. The molecule has 0 spiro atoms. The third-order valence-corrected chi connectivity index (χ3v) is 3.35. The van der Waals surface area contributed by atoms with Gasteiger partial charge in [0.2, 0.25) is 11.8 Å². The van der Waals surface area contributed by atoms with E-state index in [1.807, 2.05) is 51.4 Å². The SMILES string of the molecule is Cc1oc(-c2ccccc2)nc1CC(=O)NCCCN(C)C. The van der Waals surface area contributed by atoms with Gasteiger partial charge in [0.25, 0.3) is 0 Å². The number of benzene rings is 1. The monoisotopic (exact) mass is 301 g/mol. The molecule has 0 aliphatic carbocycles. The number of rotatable bonds is 7. The summed E-state index contributed by atoms with van der Waals surface area (Å²) in [6, 6.07) is 9.70. The maximum absolute atomic E-state index is 11.9. The first-order chi connectivity index (χ1) is 10.6. The first-order valence-electron chi connectivity index (χ1n) is 7.49. The van der Waals surface area contributed by atoms with Gasteiger partial charge in [-0.05, 0) is 46.1 Å². The first kappa shape index (κ1) is 16.2. The highest BCUT2D eigenvalue weighted by Crippen LogP contribution is 2.21. The molecule has 0 fully saturated rings. The molecule has 0 aliphatic rings. The highest BCUT2D eigenvalue weighted by atomic mass is 16.4. The van der Waals surface area contributed by atoms with Crippen molar-refractivity contribution in [3.8, 4) is 11.5 Å². The van der Waals surface area contributed by atoms with Crippen LogP contribution in [0.15, 0.2) is 34.7 Å². The van der Waals surface area contributed by atoms with Crippen molar-refractivity contribution in [2.45, 2.75) is 19.8 Å². The number of oxazole rings is 1. The Labute approximate surface area is 131 Å². The molecular formula is C17H23N3O2. The Kier molecular flexibility index (Phi) is 5.72. The zero-order valence-corrected chi connectivity index (χ0v) is 13.4. The van der Waals surface area contributed by atoms with Crippen LogP contribution in [0.25, 0.3) is 11.5 Å². The number of nitrogens with zero attached hydrogens (tertiary/aromatic N) is 2. The van der Waals surface area contributed by atoms with Crippen LogP contribution in [0.2, 0.25) is 0 Å². The van der Waals surface area contributed by atoms with Gasteiger partial charge in [0, 0.05) is 12.1 Å². The lowest BCUT2D eigenvalue weighted by atomic mass is 10.2. The van der Waals surface area contributed by atoms with E-state index in [2.05, 4.69) is 15.2 Å². The molecule has 118 valence electrons. The second-order valence-electron chi connectivity index (χ2n) is 5.57. The topological polar surface area (TPSA) is 58.4 Å². The van der Waals surface area contributed by atoms with Crippen molar-refractivity contribution < 1.29 is 9.21 Å². The Hall–Kier alpha value is -2.14. The predicted molar refractivity (Wildman–Crippen MR) is 86.6 cm³/mol. The van der Waals surface area contributed by atoms with E-state index in [0.29, 0.717) is 23.9 Å². The lowest BCUT2D eigenvalue weighted by Crippen LogP contribution is -2.28. The summed E-state index contributed by atoms with van der Waals surface area (Å²) in [6.45, 7) is 3.48. The fraction of sp³-hybridized carbons (Fsp3) is 0.412. The van der Waals surface area contributed by atoms with Gasteiger partial charge in [-0.25, -0.2) is 4.98 Å². The van der Waals surface area contributed by atoms with Gasteiger partial charge in [-0.2, -0.15) is 0 Å². The fourth-order valence-electron chi connectivity index (χ4n) is 2.13. The summed E-state index contributed by atoms with van der Waals surface area (Å²) >= 11 is 0. The minimum Gasteiger partial charge on any atom is -0.441 e. The Bertz CT molecular complexity index is 606. The van der Waals surface area contributed by atoms with Crippen LogP contribution in [0.3, 0.4) is 0 Å². The molecule has 1 aromatic heterocycles. The Morgan fingerprint density at radius 1 is 1.27 bits per heavy atom. The third kappa shape index (κ3) is 4.70. The highest BCUT2D eigenvalue weighted by Gasteiger charge is 2.14. The molecule has 5 nitrogen and oxygen atoms in total. The van der Waals surface area contributed by atoms with Crippen molar-refractivity contribution in [1.29, 1.82) is 0 Å². The average molecular weight is 301 g/mol. The van der Waals surface area contributed by atoms with Gasteiger partial charge in [0.15, 0.2) is 0 Å². The van der Waals surface area contributed by atoms with E-state index in [1.165, 1.54) is 0 Å². The standard InChI is InChI=1S/C17H23N3O2/c1-13-15(12-16(21)18-10-7-11-20(2)3)19-17(22-13)14-8-5-4-6-9-14/h4-6,8-9H,7,10-12H2,1-3H3,(H,18,21). The highest BCUT2D eigenvalue weighted by molar-refractivity contribution is 5.78. The molecule has 0 bridgehead atoms. The maximum atomic E-state index is 11.9. The number of carbonyl (C=O) groups is 1. The van der Waals surface area contributed by atoms with Gasteiger partial charge < -0.3 is 14.6 Å². The molecule has 1 heterocycles. The van der Waals surface area contributed by atoms with Gasteiger partial charge >= 0.3 is 0 Å². The minimum atomic E-state index is -0.0187. The van der Waals surface area contributed by atoms with E-state index in [0.717, 1.165) is 18.5 Å². The molecule has 1 aromatic carbocycles. The number of carbonyl (C=O) groups excluding carboxylic acids is 1. The van der Waals surface area contributed by atoms with Crippen molar-refractivity contribution in [1.82, 2.24) is 15.2 Å². The summed E-state index contributed by atoms with van der Waals surface area (Å²) in [4.78, 5) is 18.5. The number of aryl methyl sites for hydroxylation is 1. The van der Waals surface area contributed by atoms with E-state index < -0.39 is 0 Å². The van der Waals surface area contributed by atoms with Crippen LogP contribution in [0.5, 0.6) is 0 Å². The zero-order valence-electron chi connectivity index (χ0n) is 13.4. The van der Waals surface area contributed by atoms with E-state index >= 15 is 0 Å². The lowest BCUT2D eigenvalue weighted by molar-refractivity contribution is -0.120. The van der Waals surface area contributed by atoms with Crippen molar-refractivity contribution in [2.75, 3.05) is 27.2 Å². The largest absolute Gasteiger partial charge is 0.441 e.